The number of nitrogens with zero attached hydrogens (tertiary/aromatic N) is 3. The Kier molecular flexibility index (Phi) is 14.0. The number of aryl methyl sites for hydroxylation is 3. The van der Waals surface area contributed by atoms with Gasteiger partial charge >= 0.3 is 51.4 Å². The molecule has 0 fully saturated rings. The number of anilines is 2. The van der Waals surface area contributed by atoms with Crippen LogP contribution in [0.5, 0.6) is 0 Å². The number of nitrogens with one attached hydrogen (secondary N) is 2. The van der Waals surface area contributed by atoms with Crippen molar-refractivity contribution in [1.29, 1.82) is 0 Å². The predicted molar refractivity (Wildman–Crippen MR) is 164 cm³/mol. The summed E-state index contributed by atoms with van der Waals surface area (Å²) in [7, 11) is 0. The number of nitro groups is 3. The minimum atomic E-state index is -2.09. The van der Waals surface area contributed by atoms with Crippen molar-refractivity contribution in [3.8, 4) is 0 Å². The van der Waals surface area contributed by atoms with Crippen molar-refractivity contribution in [2.24, 2.45) is 0 Å². The molecule has 2 amide bonds. The van der Waals surface area contributed by atoms with E-state index >= 15 is 0 Å². The molecule has 0 heterocycles. The maximum atomic E-state index is 13.3. The van der Waals surface area contributed by atoms with Gasteiger partial charge in [0.25, 0.3) is 17.1 Å². The third kappa shape index (κ3) is 10.3. The summed E-state index contributed by atoms with van der Waals surface area (Å²) in [6.45, 7) is 5.20. The van der Waals surface area contributed by atoms with Crippen LogP contribution in [0.2, 0.25) is 0 Å². The molecule has 4 aromatic carbocycles. The zero-order valence-electron chi connectivity index (χ0n) is 25.6. The number of para-hydroxylation sites is 1. The molecule has 0 spiro atoms. The molecule has 0 aliphatic heterocycles. The predicted octanol–water partition coefficient (Wildman–Crippen LogP) is 1.75. The summed E-state index contributed by atoms with van der Waals surface area (Å²) >= 11 is 0. The van der Waals surface area contributed by atoms with Gasteiger partial charge in [-0.15, -0.1) is 0 Å². The van der Waals surface area contributed by atoms with Crippen LogP contribution in [0, 0.1) is 51.1 Å². The maximum absolute atomic E-state index is 13.3. The van der Waals surface area contributed by atoms with Crippen molar-refractivity contribution in [2.45, 2.75) is 26.7 Å². The smallest absolute Gasteiger partial charge is 0.545 e. The average Bonchev–Trinajstić information content (AvgIpc) is 2.97. The minimum Gasteiger partial charge on any atom is -0.545 e. The molecule has 0 atom stereocenters. The van der Waals surface area contributed by atoms with Crippen LogP contribution in [0.4, 0.5) is 28.4 Å². The molecule has 4 rings (SSSR count). The topological polar surface area (TPSA) is 228 Å². The van der Waals surface area contributed by atoms with Crippen molar-refractivity contribution >= 4 is 46.2 Å². The second kappa shape index (κ2) is 17.2. The molecule has 0 aromatic heterocycles. The van der Waals surface area contributed by atoms with E-state index in [0.29, 0.717) is 17.7 Å². The number of aromatic carboxylic acids is 1. The number of carboxylic acid groups (broad SMARTS) is 1. The summed E-state index contributed by atoms with van der Waals surface area (Å²) < 4.78 is 0. The van der Waals surface area contributed by atoms with Gasteiger partial charge in [-0.25, -0.2) is 0 Å². The molecule has 0 bridgehead atoms. The normalized spacial score (nSPS) is 10.0. The molecule has 0 radical (unpaired) electrons. The summed E-state index contributed by atoms with van der Waals surface area (Å²) in [6, 6.07) is 20.5. The van der Waals surface area contributed by atoms with Gasteiger partial charge in [0.1, 0.15) is 5.56 Å². The first-order valence-corrected chi connectivity index (χ1v) is 13.3. The number of hydrogen-bond donors (Lipinski definition) is 2. The Morgan fingerprint density at radius 1 is 0.617 bits per heavy atom. The summed E-state index contributed by atoms with van der Waals surface area (Å²) in [5.74, 6) is -6.20. The van der Waals surface area contributed by atoms with Gasteiger partial charge in [-0.3, -0.25) is 39.9 Å². The van der Waals surface area contributed by atoms with Gasteiger partial charge in [0.05, 0.1) is 20.7 Å². The first-order chi connectivity index (χ1) is 21.7. The van der Waals surface area contributed by atoms with E-state index < -0.39 is 56.0 Å². The zero-order chi connectivity index (χ0) is 34.1. The van der Waals surface area contributed by atoms with Crippen LogP contribution in [0.15, 0.2) is 84.9 Å². The Hall–Kier alpha value is -4.87. The first kappa shape index (κ1) is 38.3. The number of carboxylic acids is 1. The Morgan fingerprint density at radius 3 is 1.38 bits per heavy atom. The van der Waals surface area contributed by atoms with Crippen molar-refractivity contribution < 1.29 is 85.6 Å². The van der Waals surface area contributed by atoms with E-state index in [1.54, 1.807) is 75.4 Å². The van der Waals surface area contributed by atoms with Gasteiger partial charge < -0.3 is 20.5 Å². The van der Waals surface area contributed by atoms with Crippen LogP contribution < -0.4 is 67.1 Å². The van der Waals surface area contributed by atoms with Crippen LogP contribution >= 0.6 is 0 Å². The molecule has 16 heteroatoms. The standard InChI is InChI=1S/C24H20N4O8.C7H7NO2.K/c1-13-5-3-7-16(9-13)25-22(29)21(23(30)26-17-8-4-6-14(2)10-17)20-18(27(33)34)11-15(24(31)32)12-19(20)28(35)36;1-6-4-2-3-5-7(6)8(9)10;/h3-12,21H,1-2H3,(H,25,29)(H,26,30)(H,31,32);2-5H,1H3;/q;;+1/p-1. The monoisotopic (exact) mass is 667 g/mol. The zero-order valence-corrected chi connectivity index (χ0v) is 28.7. The third-order valence-electron chi connectivity index (χ3n) is 6.46. The Balaban J connectivity index is 0.000000596. The summed E-state index contributed by atoms with van der Waals surface area (Å²) in [5.41, 5.74) is -1.03. The van der Waals surface area contributed by atoms with Crippen LogP contribution in [0.3, 0.4) is 0 Å². The Labute approximate surface area is 309 Å². The van der Waals surface area contributed by atoms with Gasteiger partial charge in [-0.2, -0.15) is 0 Å². The van der Waals surface area contributed by atoms with E-state index in [0.717, 1.165) is 11.1 Å². The molecular formula is C31H26KN5O10. The number of nitro benzene ring substituents is 3. The van der Waals surface area contributed by atoms with E-state index in [2.05, 4.69) is 10.6 Å². The van der Waals surface area contributed by atoms with Crippen LogP contribution in [-0.4, -0.2) is 32.6 Å². The first-order valence-electron chi connectivity index (χ1n) is 13.3. The van der Waals surface area contributed by atoms with E-state index in [1.807, 2.05) is 0 Å². The van der Waals surface area contributed by atoms with E-state index in [4.69, 9.17) is 0 Å². The van der Waals surface area contributed by atoms with Crippen molar-refractivity contribution in [2.75, 3.05) is 10.6 Å². The fourth-order valence-corrected chi connectivity index (χ4v) is 4.36. The molecule has 0 saturated heterocycles. The molecule has 15 nitrogen and oxygen atoms in total. The van der Waals surface area contributed by atoms with Crippen LogP contribution in [-0.2, 0) is 9.59 Å². The van der Waals surface area contributed by atoms with Gasteiger partial charge in [0.15, 0.2) is 5.92 Å². The third-order valence-corrected chi connectivity index (χ3v) is 6.46. The molecule has 0 saturated carbocycles. The molecule has 0 aliphatic carbocycles. The number of amides is 2. The molecular weight excluding hydrogens is 641 g/mol. The van der Waals surface area contributed by atoms with Crippen molar-refractivity contribution in [3.63, 3.8) is 0 Å². The quantitative estimate of drug-likeness (QED) is 0.114. The SMILES string of the molecule is Cc1cccc(NC(=O)C(C(=O)Nc2cccc(C)c2)c2c([N+](=O)[O-])cc(C(=O)[O-])cc2[N+](=O)[O-])c1.Cc1ccccc1[N+](=O)[O-].[K+]. The van der Waals surface area contributed by atoms with E-state index in [9.17, 15) is 49.8 Å². The average molecular weight is 668 g/mol. The maximum Gasteiger partial charge on any atom is 1.00 e. The Bertz CT molecular complexity index is 1770. The fraction of sp³-hybridized carbons (Fsp3) is 0.129. The van der Waals surface area contributed by atoms with Gasteiger partial charge in [-0.1, -0.05) is 42.5 Å². The van der Waals surface area contributed by atoms with Crippen LogP contribution in [0.1, 0.15) is 38.5 Å². The van der Waals surface area contributed by atoms with Crippen molar-refractivity contribution in [1.82, 2.24) is 0 Å². The van der Waals surface area contributed by atoms with Gasteiger partial charge in [-0.05, 0) is 56.2 Å². The number of carbonyl (C=O) groups is 3. The molecule has 2 N–H and O–H groups in total. The number of hydrogen-bond acceptors (Lipinski definition) is 10. The minimum absolute atomic E-state index is 0. The van der Waals surface area contributed by atoms with Gasteiger partial charge in [0.2, 0.25) is 11.8 Å². The number of benzene rings is 4. The van der Waals surface area contributed by atoms with Gasteiger partial charge in [0, 0.05) is 40.7 Å². The molecule has 0 aliphatic rings. The van der Waals surface area contributed by atoms with E-state index in [1.165, 1.54) is 18.2 Å². The number of rotatable bonds is 9. The largest absolute Gasteiger partial charge is 1.00 e. The molecule has 236 valence electrons. The number of carbonyl (C=O) groups excluding carboxylic acids is 3. The second-order valence-corrected chi connectivity index (χ2v) is 9.92. The summed E-state index contributed by atoms with van der Waals surface area (Å²) in [4.78, 5) is 69.3. The van der Waals surface area contributed by atoms with Crippen LogP contribution in [0.25, 0.3) is 0 Å². The second-order valence-electron chi connectivity index (χ2n) is 9.92. The Morgan fingerprint density at radius 2 is 1.04 bits per heavy atom. The molecule has 0 unspecified atom stereocenters. The summed E-state index contributed by atoms with van der Waals surface area (Å²) in [6.07, 6.45) is 0. The summed E-state index contributed by atoms with van der Waals surface area (Å²) in [5, 5.41) is 50.1. The fourth-order valence-electron chi connectivity index (χ4n) is 4.36. The van der Waals surface area contributed by atoms with E-state index in [-0.39, 0.29) is 73.4 Å². The molecule has 47 heavy (non-hydrogen) atoms. The molecule has 4 aromatic rings. The van der Waals surface area contributed by atoms with Crippen molar-refractivity contribution in [3.05, 3.63) is 143 Å².